The molecule has 0 unspecified atom stereocenters. The number of nitrogens with two attached hydrogens (primary N) is 1. The fourth-order valence-electron chi connectivity index (χ4n) is 4.88. The van der Waals surface area contributed by atoms with Crippen LogP contribution in [0.3, 0.4) is 0 Å². The van der Waals surface area contributed by atoms with Gasteiger partial charge in [-0.15, -0.1) is 11.3 Å². The highest BCUT2D eigenvalue weighted by Gasteiger charge is 2.51. The number of hydrogen-bond acceptors (Lipinski definition) is 6. The summed E-state index contributed by atoms with van der Waals surface area (Å²) in [5, 5.41) is 11.3. The molecule has 1 aromatic heterocycles. The van der Waals surface area contributed by atoms with Crippen molar-refractivity contribution in [1.29, 1.82) is 5.26 Å². The number of benzene rings is 1. The molecule has 2 atom stereocenters. The smallest absolute Gasteiger partial charge is 0.235 e. The fraction of sp³-hybridized carbons (Fsp3) is 0.417. The van der Waals surface area contributed by atoms with Gasteiger partial charge in [0.15, 0.2) is 5.96 Å². The van der Waals surface area contributed by atoms with Gasteiger partial charge in [0.25, 0.3) is 0 Å². The van der Waals surface area contributed by atoms with Crippen LogP contribution in [0.2, 0.25) is 0 Å². The highest BCUT2D eigenvalue weighted by atomic mass is 32.1. The summed E-state index contributed by atoms with van der Waals surface area (Å²) in [7, 11) is 1.67. The number of nitriles is 1. The van der Waals surface area contributed by atoms with Gasteiger partial charge in [-0.2, -0.15) is 5.26 Å². The maximum Gasteiger partial charge on any atom is 0.235 e. The van der Waals surface area contributed by atoms with Gasteiger partial charge in [0.2, 0.25) is 11.8 Å². The molecular formula is C24H27N5O2S. The van der Waals surface area contributed by atoms with E-state index in [9.17, 15) is 14.9 Å². The number of carbonyl (C=O) groups excluding carboxylic acids is 2. The van der Waals surface area contributed by atoms with E-state index in [1.807, 2.05) is 35.4 Å². The SMILES string of the molecule is CC(=O)N1CCC([C@@H]2C(=O)N(C)C(N)=N[C@]2(C)c2cc(-c3cccc(C#N)c3)cs2)CC1. The van der Waals surface area contributed by atoms with Crippen molar-refractivity contribution < 1.29 is 9.59 Å². The summed E-state index contributed by atoms with van der Waals surface area (Å²) in [4.78, 5) is 34.3. The number of amides is 2. The monoisotopic (exact) mass is 449 g/mol. The van der Waals surface area contributed by atoms with E-state index >= 15 is 0 Å². The van der Waals surface area contributed by atoms with E-state index in [2.05, 4.69) is 12.1 Å². The summed E-state index contributed by atoms with van der Waals surface area (Å²) in [6.45, 7) is 4.89. The van der Waals surface area contributed by atoms with Crippen molar-refractivity contribution in [2.75, 3.05) is 20.1 Å². The molecule has 7 nitrogen and oxygen atoms in total. The first-order valence-electron chi connectivity index (χ1n) is 10.7. The van der Waals surface area contributed by atoms with Crippen molar-refractivity contribution in [1.82, 2.24) is 9.80 Å². The summed E-state index contributed by atoms with van der Waals surface area (Å²) >= 11 is 1.56. The normalized spacial score (nSPS) is 24.2. The van der Waals surface area contributed by atoms with Crippen molar-refractivity contribution >= 4 is 29.1 Å². The van der Waals surface area contributed by atoms with Crippen LogP contribution in [-0.2, 0) is 15.1 Å². The summed E-state index contributed by atoms with van der Waals surface area (Å²) < 4.78 is 0. The third-order valence-electron chi connectivity index (χ3n) is 6.77. The van der Waals surface area contributed by atoms with Crippen LogP contribution in [-0.4, -0.2) is 47.7 Å². The Morgan fingerprint density at radius 2 is 2.00 bits per heavy atom. The predicted molar refractivity (Wildman–Crippen MR) is 125 cm³/mol. The van der Waals surface area contributed by atoms with E-state index in [-0.39, 0.29) is 29.6 Å². The second-order valence-corrected chi connectivity index (χ2v) is 9.64. The Bertz CT molecular complexity index is 1130. The molecule has 166 valence electrons. The summed E-state index contributed by atoms with van der Waals surface area (Å²) in [6, 6.07) is 11.7. The zero-order valence-electron chi connectivity index (χ0n) is 18.5. The average molecular weight is 450 g/mol. The van der Waals surface area contributed by atoms with Crippen LogP contribution in [0.25, 0.3) is 11.1 Å². The standard InChI is InChI=1S/C24H27N5O2S/c1-15(30)29-9-7-17(8-10-29)21-22(31)28(3)23(26)27-24(21,2)20-12-19(14-32-20)18-6-4-5-16(11-18)13-25/h4-6,11-12,14,17,21H,7-10H2,1-3H3,(H2,26,27)/t21-,24-/m1/s1. The van der Waals surface area contributed by atoms with Crippen LogP contribution >= 0.6 is 11.3 Å². The van der Waals surface area contributed by atoms with Gasteiger partial charge in [-0.25, -0.2) is 4.99 Å². The zero-order chi connectivity index (χ0) is 23.0. The molecular weight excluding hydrogens is 422 g/mol. The van der Waals surface area contributed by atoms with Crippen molar-refractivity contribution in [3.05, 3.63) is 46.2 Å². The van der Waals surface area contributed by atoms with Crippen LogP contribution < -0.4 is 5.73 Å². The molecule has 0 aliphatic carbocycles. The van der Waals surface area contributed by atoms with Crippen LogP contribution in [0.15, 0.2) is 40.7 Å². The lowest BCUT2D eigenvalue weighted by molar-refractivity contribution is -0.138. The Hall–Kier alpha value is -3.18. The molecule has 2 aliphatic heterocycles. The molecule has 2 N–H and O–H groups in total. The van der Waals surface area contributed by atoms with Crippen LogP contribution in [0.5, 0.6) is 0 Å². The lowest BCUT2D eigenvalue weighted by atomic mass is 9.70. The lowest BCUT2D eigenvalue weighted by Gasteiger charge is -2.45. The second kappa shape index (κ2) is 8.40. The van der Waals surface area contributed by atoms with E-state index in [1.165, 1.54) is 4.90 Å². The molecule has 1 aromatic carbocycles. The highest BCUT2D eigenvalue weighted by molar-refractivity contribution is 7.10. The highest BCUT2D eigenvalue weighted by Crippen LogP contribution is 2.47. The van der Waals surface area contributed by atoms with Crippen molar-refractivity contribution in [3.63, 3.8) is 0 Å². The van der Waals surface area contributed by atoms with E-state index in [0.29, 0.717) is 18.7 Å². The predicted octanol–water partition coefficient (Wildman–Crippen LogP) is 3.16. The number of hydrogen-bond donors (Lipinski definition) is 1. The van der Waals surface area contributed by atoms with Gasteiger partial charge in [-0.05, 0) is 60.4 Å². The molecule has 0 spiro atoms. The maximum absolute atomic E-state index is 13.5. The molecule has 1 fully saturated rings. The van der Waals surface area contributed by atoms with Gasteiger partial charge in [0.05, 0.1) is 17.6 Å². The molecule has 2 aliphatic rings. The summed E-state index contributed by atoms with van der Waals surface area (Å²) in [6.07, 6.45) is 1.52. The van der Waals surface area contributed by atoms with E-state index < -0.39 is 5.54 Å². The maximum atomic E-state index is 13.5. The third-order valence-corrected chi connectivity index (χ3v) is 7.93. The molecule has 4 rings (SSSR count). The van der Waals surface area contributed by atoms with E-state index in [1.54, 1.807) is 31.4 Å². The number of thiophene rings is 1. The number of aliphatic imine (C=N–C) groups is 1. The minimum Gasteiger partial charge on any atom is -0.369 e. The molecule has 1 saturated heterocycles. The number of carbonyl (C=O) groups is 2. The summed E-state index contributed by atoms with van der Waals surface area (Å²) in [5.74, 6) is 0.0165. The van der Waals surface area contributed by atoms with Gasteiger partial charge in [-0.3, -0.25) is 14.5 Å². The van der Waals surface area contributed by atoms with Gasteiger partial charge in [0.1, 0.15) is 5.54 Å². The largest absolute Gasteiger partial charge is 0.369 e. The quantitative estimate of drug-likeness (QED) is 0.777. The first kappa shape index (κ1) is 22.0. The van der Waals surface area contributed by atoms with Crippen molar-refractivity contribution in [2.45, 2.75) is 32.2 Å². The molecule has 0 bridgehead atoms. The number of rotatable bonds is 3. The minimum absolute atomic E-state index is 0.0253. The average Bonchev–Trinajstić information content (AvgIpc) is 3.29. The van der Waals surface area contributed by atoms with Gasteiger partial charge >= 0.3 is 0 Å². The summed E-state index contributed by atoms with van der Waals surface area (Å²) in [5.41, 5.74) is 7.93. The molecule has 2 amide bonds. The molecule has 32 heavy (non-hydrogen) atoms. The Labute approximate surface area is 192 Å². The molecule has 2 aromatic rings. The molecule has 3 heterocycles. The van der Waals surface area contributed by atoms with Gasteiger partial charge < -0.3 is 10.6 Å². The Morgan fingerprint density at radius 3 is 2.66 bits per heavy atom. The van der Waals surface area contributed by atoms with E-state index in [4.69, 9.17) is 10.7 Å². The van der Waals surface area contributed by atoms with Crippen LogP contribution in [0.1, 0.15) is 37.1 Å². The molecule has 8 heteroatoms. The fourth-order valence-corrected chi connectivity index (χ4v) is 5.95. The number of guanidine groups is 1. The van der Waals surface area contributed by atoms with Crippen molar-refractivity contribution in [2.24, 2.45) is 22.6 Å². The van der Waals surface area contributed by atoms with Crippen molar-refractivity contribution in [3.8, 4) is 17.2 Å². The Morgan fingerprint density at radius 1 is 1.28 bits per heavy atom. The first-order chi connectivity index (χ1) is 15.2. The van der Waals surface area contributed by atoms with Crippen LogP contribution in [0, 0.1) is 23.2 Å². The first-order valence-corrected chi connectivity index (χ1v) is 11.6. The number of likely N-dealkylation sites (tertiary alicyclic amines) is 1. The van der Waals surface area contributed by atoms with Gasteiger partial charge in [-0.1, -0.05) is 12.1 Å². The second-order valence-electron chi connectivity index (χ2n) is 8.73. The van der Waals surface area contributed by atoms with E-state index in [0.717, 1.165) is 28.8 Å². The van der Waals surface area contributed by atoms with Gasteiger partial charge in [0, 0.05) is 31.9 Å². The Kier molecular flexibility index (Phi) is 5.78. The number of piperidine rings is 1. The Balaban J connectivity index is 1.71. The zero-order valence-corrected chi connectivity index (χ0v) is 19.4. The topological polar surface area (TPSA) is 103 Å². The number of nitrogens with zero attached hydrogens (tertiary/aromatic N) is 4. The minimum atomic E-state index is -0.785. The molecule has 0 radical (unpaired) electrons. The lowest BCUT2D eigenvalue weighted by Crippen LogP contribution is -2.57. The van der Waals surface area contributed by atoms with Crippen LogP contribution in [0.4, 0.5) is 0 Å². The third kappa shape index (κ3) is 3.78. The molecule has 0 saturated carbocycles.